The van der Waals surface area contributed by atoms with E-state index in [1.165, 1.54) is 11.6 Å². The Labute approximate surface area is 114 Å². The zero-order chi connectivity index (χ0) is 14.5. The molecule has 0 spiro atoms. The maximum atomic E-state index is 12.0. The van der Waals surface area contributed by atoms with Crippen LogP contribution in [0.15, 0.2) is 9.59 Å². The molecule has 3 rings (SSSR count). The van der Waals surface area contributed by atoms with Crippen LogP contribution in [0.3, 0.4) is 0 Å². The van der Waals surface area contributed by atoms with E-state index in [0.717, 1.165) is 23.8 Å². The maximum Gasteiger partial charge on any atom is 0.332 e. The summed E-state index contributed by atoms with van der Waals surface area (Å²) in [7, 11) is 3.00. The van der Waals surface area contributed by atoms with E-state index in [0.29, 0.717) is 11.6 Å². The molecule has 8 heteroatoms. The number of aliphatic hydroxyl groups is 1. The zero-order valence-corrected chi connectivity index (χ0v) is 11.4. The van der Waals surface area contributed by atoms with Gasteiger partial charge in [0.05, 0.1) is 12.1 Å². The van der Waals surface area contributed by atoms with Crippen molar-refractivity contribution in [2.24, 2.45) is 14.1 Å². The summed E-state index contributed by atoms with van der Waals surface area (Å²) in [5.74, 6) is 0.409. The predicted molar refractivity (Wildman–Crippen MR) is 73.9 cm³/mol. The molecule has 3 N–H and O–H groups in total. The van der Waals surface area contributed by atoms with Gasteiger partial charge < -0.3 is 15.4 Å². The van der Waals surface area contributed by atoms with Gasteiger partial charge in [-0.2, -0.15) is 4.98 Å². The van der Waals surface area contributed by atoms with Gasteiger partial charge in [-0.15, -0.1) is 0 Å². The Bertz CT molecular complexity index is 775. The van der Waals surface area contributed by atoms with Crippen molar-refractivity contribution < 1.29 is 5.11 Å². The highest BCUT2D eigenvalue weighted by Crippen LogP contribution is 2.34. The molecule has 0 bridgehead atoms. The number of imidazole rings is 1. The molecule has 0 aliphatic heterocycles. The Hall–Kier alpha value is -2.09. The largest absolute Gasteiger partial charge is 0.394 e. The number of nitrogens with zero attached hydrogens (tertiary/aromatic N) is 3. The predicted octanol–water partition coefficient (Wildman–Crippen LogP) is -0.713. The molecule has 0 saturated heterocycles. The third kappa shape index (κ3) is 1.68. The molecule has 0 aromatic carbocycles. The first-order valence-corrected chi connectivity index (χ1v) is 6.52. The summed E-state index contributed by atoms with van der Waals surface area (Å²) in [6.07, 6.45) is 2.77. The molecular formula is C12H17N5O3. The van der Waals surface area contributed by atoms with Crippen LogP contribution in [0.4, 0.5) is 5.95 Å². The minimum absolute atomic E-state index is 0.0149. The first kappa shape index (κ1) is 12.9. The fraction of sp³-hybridized carbons (Fsp3) is 0.583. The average molecular weight is 279 g/mol. The van der Waals surface area contributed by atoms with Gasteiger partial charge in [-0.05, 0) is 19.3 Å². The van der Waals surface area contributed by atoms with Crippen molar-refractivity contribution in [2.75, 3.05) is 11.9 Å². The zero-order valence-electron chi connectivity index (χ0n) is 11.4. The second-order valence-corrected chi connectivity index (χ2v) is 5.41. The third-order valence-electron chi connectivity index (χ3n) is 4.09. The smallest absolute Gasteiger partial charge is 0.332 e. The number of anilines is 1. The number of H-pyrrole nitrogens is 1. The van der Waals surface area contributed by atoms with Crippen LogP contribution in [-0.4, -0.2) is 36.4 Å². The molecule has 20 heavy (non-hydrogen) atoms. The van der Waals surface area contributed by atoms with Crippen molar-refractivity contribution >= 4 is 17.1 Å². The molecule has 8 nitrogen and oxygen atoms in total. The molecule has 1 aliphatic rings. The summed E-state index contributed by atoms with van der Waals surface area (Å²) in [4.78, 5) is 31.0. The molecule has 2 aromatic rings. The van der Waals surface area contributed by atoms with Gasteiger partial charge in [-0.25, -0.2) is 4.79 Å². The minimum Gasteiger partial charge on any atom is -0.394 e. The van der Waals surface area contributed by atoms with Crippen LogP contribution in [0.1, 0.15) is 19.3 Å². The molecule has 0 amide bonds. The molecule has 1 saturated carbocycles. The lowest BCUT2D eigenvalue weighted by Gasteiger charge is -2.40. The Morgan fingerprint density at radius 3 is 2.60 bits per heavy atom. The van der Waals surface area contributed by atoms with E-state index in [4.69, 9.17) is 0 Å². The standard InChI is InChI=1S/C12H17N5O3/c1-16-8-7(9(19)17(2)11(16)20)13-10(14-8)15-12(6-18)4-3-5-12/h18H,3-6H2,1-2H3,(H2,13,14,15). The van der Waals surface area contributed by atoms with Gasteiger partial charge in [-0.1, -0.05) is 0 Å². The fourth-order valence-corrected chi connectivity index (χ4v) is 2.56. The molecule has 2 aromatic heterocycles. The number of aromatic nitrogens is 4. The van der Waals surface area contributed by atoms with E-state index in [2.05, 4.69) is 15.3 Å². The van der Waals surface area contributed by atoms with Crippen molar-refractivity contribution in [3.8, 4) is 0 Å². The lowest BCUT2D eigenvalue weighted by Crippen LogP contribution is -2.48. The first-order valence-electron chi connectivity index (χ1n) is 6.52. The molecule has 0 radical (unpaired) electrons. The van der Waals surface area contributed by atoms with E-state index in [1.807, 2.05) is 0 Å². The van der Waals surface area contributed by atoms with Crippen LogP contribution < -0.4 is 16.6 Å². The number of hydrogen-bond acceptors (Lipinski definition) is 5. The summed E-state index contributed by atoms with van der Waals surface area (Å²) < 4.78 is 2.36. The fourth-order valence-electron chi connectivity index (χ4n) is 2.56. The van der Waals surface area contributed by atoms with E-state index in [1.54, 1.807) is 7.05 Å². The normalized spacial score (nSPS) is 17.1. The second kappa shape index (κ2) is 4.20. The van der Waals surface area contributed by atoms with Gasteiger partial charge in [-0.3, -0.25) is 13.9 Å². The van der Waals surface area contributed by atoms with Gasteiger partial charge in [0.15, 0.2) is 11.2 Å². The number of hydrogen-bond donors (Lipinski definition) is 3. The molecule has 1 fully saturated rings. The SMILES string of the molecule is Cn1c(=O)c2[nH]c(NC3(CO)CCC3)nc2n(C)c1=O. The van der Waals surface area contributed by atoms with E-state index in [9.17, 15) is 14.7 Å². The summed E-state index contributed by atoms with van der Waals surface area (Å²) in [5, 5.41) is 12.6. The van der Waals surface area contributed by atoms with Crippen molar-refractivity contribution in [1.29, 1.82) is 0 Å². The summed E-state index contributed by atoms with van der Waals surface area (Å²) >= 11 is 0. The van der Waals surface area contributed by atoms with Gasteiger partial charge >= 0.3 is 5.69 Å². The highest BCUT2D eigenvalue weighted by atomic mass is 16.3. The van der Waals surface area contributed by atoms with Gasteiger partial charge in [0.25, 0.3) is 5.56 Å². The Balaban J connectivity index is 2.12. The number of aromatic amines is 1. The second-order valence-electron chi connectivity index (χ2n) is 5.41. The number of aryl methyl sites for hydroxylation is 1. The quantitative estimate of drug-likeness (QED) is 0.688. The summed E-state index contributed by atoms with van der Waals surface area (Å²) in [6.45, 7) is 0.0149. The van der Waals surface area contributed by atoms with Crippen molar-refractivity contribution in [3.05, 3.63) is 20.8 Å². The monoisotopic (exact) mass is 279 g/mol. The average Bonchev–Trinajstić information content (AvgIpc) is 2.82. The highest BCUT2D eigenvalue weighted by Gasteiger charge is 2.37. The first-order chi connectivity index (χ1) is 9.47. The molecule has 0 atom stereocenters. The topological polar surface area (TPSA) is 105 Å². The molecule has 108 valence electrons. The van der Waals surface area contributed by atoms with E-state index in [-0.39, 0.29) is 17.7 Å². The molecule has 1 aliphatic carbocycles. The maximum absolute atomic E-state index is 12.0. The Morgan fingerprint density at radius 2 is 2.05 bits per heavy atom. The highest BCUT2D eigenvalue weighted by molar-refractivity contribution is 5.72. The van der Waals surface area contributed by atoms with Crippen molar-refractivity contribution in [2.45, 2.75) is 24.8 Å². The van der Waals surface area contributed by atoms with Crippen LogP contribution in [-0.2, 0) is 14.1 Å². The van der Waals surface area contributed by atoms with E-state index >= 15 is 0 Å². The third-order valence-corrected chi connectivity index (χ3v) is 4.09. The number of aliphatic hydroxyl groups excluding tert-OH is 1. The summed E-state index contributed by atoms with van der Waals surface area (Å²) in [5.41, 5.74) is -0.591. The molecular weight excluding hydrogens is 262 g/mol. The minimum atomic E-state index is -0.416. The molecule has 0 unspecified atom stereocenters. The van der Waals surface area contributed by atoms with Gasteiger partial charge in [0.2, 0.25) is 5.95 Å². The van der Waals surface area contributed by atoms with Crippen LogP contribution in [0.25, 0.3) is 11.2 Å². The van der Waals surface area contributed by atoms with Crippen LogP contribution >= 0.6 is 0 Å². The van der Waals surface area contributed by atoms with E-state index < -0.39 is 11.2 Å². The lowest BCUT2D eigenvalue weighted by atomic mass is 9.77. The molecule has 2 heterocycles. The number of fused-ring (bicyclic) bond motifs is 1. The number of nitrogens with one attached hydrogen (secondary N) is 2. The lowest BCUT2D eigenvalue weighted by molar-refractivity contribution is 0.143. The Kier molecular flexibility index (Phi) is 2.72. The summed E-state index contributed by atoms with van der Waals surface area (Å²) in [6, 6.07) is 0. The van der Waals surface area contributed by atoms with Crippen LogP contribution in [0.5, 0.6) is 0 Å². The Morgan fingerprint density at radius 1 is 1.35 bits per heavy atom. The van der Waals surface area contributed by atoms with Crippen molar-refractivity contribution in [3.63, 3.8) is 0 Å². The number of rotatable bonds is 3. The van der Waals surface area contributed by atoms with Gasteiger partial charge in [0.1, 0.15) is 0 Å². The van der Waals surface area contributed by atoms with Gasteiger partial charge in [0, 0.05) is 14.1 Å². The van der Waals surface area contributed by atoms with Crippen LogP contribution in [0.2, 0.25) is 0 Å². The van der Waals surface area contributed by atoms with Crippen LogP contribution in [0, 0.1) is 0 Å². The van der Waals surface area contributed by atoms with Crippen molar-refractivity contribution in [1.82, 2.24) is 19.1 Å².